The highest BCUT2D eigenvalue weighted by Crippen LogP contribution is 2.25. The number of alkyl halides is 2. The van der Waals surface area contributed by atoms with E-state index >= 15 is 0 Å². The van der Waals surface area contributed by atoms with E-state index in [0.717, 1.165) is 5.56 Å². The molecule has 0 saturated heterocycles. The van der Waals surface area contributed by atoms with Gasteiger partial charge in [-0.1, -0.05) is 29.3 Å². The Balaban J connectivity index is 3.08. The fraction of sp³-hybridized carbons (Fsp3) is 0.333. The lowest BCUT2D eigenvalue weighted by Crippen LogP contribution is -1.85. The van der Waals surface area contributed by atoms with Crippen molar-refractivity contribution in [1.82, 2.24) is 0 Å². The molecular formula is C9H10Cl2. The molecular weight excluding hydrogens is 179 g/mol. The van der Waals surface area contributed by atoms with Gasteiger partial charge in [-0.15, -0.1) is 23.2 Å². The van der Waals surface area contributed by atoms with Gasteiger partial charge in [-0.2, -0.15) is 0 Å². The molecule has 0 fully saturated rings. The minimum atomic E-state index is -0.409. The van der Waals surface area contributed by atoms with E-state index in [0.29, 0.717) is 0 Å². The summed E-state index contributed by atoms with van der Waals surface area (Å²) in [4.78, 5) is -0.409. The van der Waals surface area contributed by atoms with Crippen molar-refractivity contribution in [3.05, 3.63) is 34.9 Å². The molecule has 2 heteroatoms. The summed E-state index contributed by atoms with van der Waals surface area (Å²) in [6.07, 6.45) is 0. The smallest absolute Gasteiger partial charge is 0.100 e. The molecule has 1 rings (SSSR count). The van der Waals surface area contributed by atoms with Gasteiger partial charge in [0.05, 0.1) is 0 Å². The summed E-state index contributed by atoms with van der Waals surface area (Å²) in [5, 5.41) is 0. The highest BCUT2D eigenvalue weighted by atomic mass is 35.5. The molecule has 0 aromatic heterocycles. The van der Waals surface area contributed by atoms with Crippen molar-refractivity contribution in [3.63, 3.8) is 0 Å². The number of benzene rings is 1. The average Bonchev–Trinajstić information content (AvgIpc) is 1.85. The first-order chi connectivity index (χ1) is 5.09. The summed E-state index contributed by atoms with van der Waals surface area (Å²) < 4.78 is 0. The second-order valence-electron chi connectivity index (χ2n) is 2.72. The zero-order valence-corrected chi connectivity index (χ0v) is 8.08. The molecule has 0 aliphatic rings. The van der Waals surface area contributed by atoms with E-state index in [2.05, 4.69) is 6.07 Å². The standard InChI is InChI=1S/C9H10Cl2/c1-6-3-7(2)5-8(4-6)9(10)11/h3-5,9H,1-2H3. The molecule has 1 aromatic rings. The van der Waals surface area contributed by atoms with Crippen LogP contribution in [0.4, 0.5) is 0 Å². The van der Waals surface area contributed by atoms with Crippen LogP contribution in [0.3, 0.4) is 0 Å². The highest BCUT2D eigenvalue weighted by molar-refractivity contribution is 6.44. The van der Waals surface area contributed by atoms with Crippen molar-refractivity contribution in [2.45, 2.75) is 18.7 Å². The van der Waals surface area contributed by atoms with Crippen LogP contribution in [-0.2, 0) is 0 Å². The lowest BCUT2D eigenvalue weighted by Gasteiger charge is -2.04. The van der Waals surface area contributed by atoms with Gasteiger partial charge in [-0.3, -0.25) is 0 Å². The van der Waals surface area contributed by atoms with Gasteiger partial charge in [-0.25, -0.2) is 0 Å². The summed E-state index contributed by atoms with van der Waals surface area (Å²) in [7, 11) is 0. The number of hydrogen-bond donors (Lipinski definition) is 0. The molecule has 0 atom stereocenters. The lowest BCUT2D eigenvalue weighted by atomic mass is 10.1. The Kier molecular flexibility index (Phi) is 2.80. The number of halogens is 2. The van der Waals surface area contributed by atoms with E-state index in [9.17, 15) is 0 Å². The summed E-state index contributed by atoms with van der Waals surface area (Å²) in [5.74, 6) is 0. The molecule has 0 N–H and O–H groups in total. The Morgan fingerprint density at radius 2 is 1.45 bits per heavy atom. The fourth-order valence-corrected chi connectivity index (χ4v) is 1.39. The van der Waals surface area contributed by atoms with Crippen LogP contribution in [-0.4, -0.2) is 0 Å². The second kappa shape index (κ2) is 3.46. The second-order valence-corrected chi connectivity index (χ2v) is 3.82. The minimum absolute atomic E-state index is 0.409. The van der Waals surface area contributed by atoms with Crippen LogP contribution in [0, 0.1) is 13.8 Å². The summed E-state index contributed by atoms with van der Waals surface area (Å²) >= 11 is 11.4. The van der Waals surface area contributed by atoms with Crippen molar-refractivity contribution in [1.29, 1.82) is 0 Å². The third-order valence-corrected chi connectivity index (χ3v) is 2.00. The maximum atomic E-state index is 5.71. The topological polar surface area (TPSA) is 0 Å². The first-order valence-corrected chi connectivity index (χ1v) is 4.33. The van der Waals surface area contributed by atoms with Gasteiger partial charge in [-0.05, 0) is 19.4 Å². The van der Waals surface area contributed by atoms with E-state index in [1.54, 1.807) is 0 Å². The Morgan fingerprint density at radius 3 is 1.82 bits per heavy atom. The van der Waals surface area contributed by atoms with Gasteiger partial charge in [0.25, 0.3) is 0 Å². The monoisotopic (exact) mass is 188 g/mol. The van der Waals surface area contributed by atoms with Crippen LogP contribution in [0.15, 0.2) is 18.2 Å². The molecule has 1 aromatic carbocycles. The summed E-state index contributed by atoms with van der Waals surface area (Å²) in [6, 6.07) is 6.09. The fourth-order valence-electron chi connectivity index (χ4n) is 1.14. The first kappa shape index (κ1) is 8.89. The van der Waals surface area contributed by atoms with Crippen molar-refractivity contribution >= 4 is 23.2 Å². The van der Waals surface area contributed by atoms with E-state index in [-0.39, 0.29) is 0 Å². The molecule has 0 heterocycles. The average molecular weight is 189 g/mol. The summed E-state index contributed by atoms with van der Waals surface area (Å²) in [5.41, 5.74) is 3.38. The van der Waals surface area contributed by atoms with Crippen molar-refractivity contribution in [2.75, 3.05) is 0 Å². The summed E-state index contributed by atoms with van der Waals surface area (Å²) in [6.45, 7) is 4.07. The van der Waals surface area contributed by atoms with Gasteiger partial charge in [0, 0.05) is 0 Å². The van der Waals surface area contributed by atoms with Crippen LogP contribution in [0.5, 0.6) is 0 Å². The van der Waals surface area contributed by atoms with Crippen LogP contribution in [0.25, 0.3) is 0 Å². The quantitative estimate of drug-likeness (QED) is 0.589. The molecule has 0 nitrogen and oxygen atoms in total. The maximum Gasteiger partial charge on any atom is 0.132 e. The van der Waals surface area contributed by atoms with Gasteiger partial charge >= 0.3 is 0 Å². The molecule has 0 amide bonds. The number of rotatable bonds is 1. The largest absolute Gasteiger partial charge is 0.132 e. The van der Waals surface area contributed by atoms with E-state index in [4.69, 9.17) is 23.2 Å². The predicted octanol–water partition coefficient (Wildman–Crippen LogP) is 3.78. The first-order valence-electron chi connectivity index (χ1n) is 3.46. The molecule has 60 valence electrons. The van der Waals surface area contributed by atoms with Crippen molar-refractivity contribution in [3.8, 4) is 0 Å². The zero-order valence-electron chi connectivity index (χ0n) is 6.57. The molecule has 0 spiro atoms. The number of hydrogen-bond acceptors (Lipinski definition) is 0. The Labute approximate surface area is 77.1 Å². The van der Waals surface area contributed by atoms with Gasteiger partial charge in [0.15, 0.2) is 0 Å². The van der Waals surface area contributed by atoms with Crippen LogP contribution in [0.2, 0.25) is 0 Å². The van der Waals surface area contributed by atoms with Crippen LogP contribution < -0.4 is 0 Å². The minimum Gasteiger partial charge on any atom is -0.100 e. The normalized spacial score (nSPS) is 10.6. The Hall–Kier alpha value is -0.200. The molecule has 0 radical (unpaired) electrons. The third-order valence-electron chi connectivity index (χ3n) is 1.50. The SMILES string of the molecule is Cc1cc(C)cc(C(Cl)Cl)c1. The molecule has 0 unspecified atom stereocenters. The van der Waals surface area contributed by atoms with Gasteiger partial charge in [0.2, 0.25) is 0 Å². The van der Waals surface area contributed by atoms with E-state index < -0.39 is 4.84 Å². The predicted molar refractivity (Wildman–Crippen MR) is 50.4 cm³/mol. The maximum absolute atomic E-state index is 5.71. The lowest BCUT2D eigenvalue weighted by molar-refractivity contribution is 1.27. The van der Waals surface area contributed by atoms with Crippen molar-refractivity contribution in [2.24, 2.45) is 0 Å². The molecule has 0 bridgehead atoms. The molecule has 0 aliphatic carbocycles. The van der Waals surface area contributed by atoms with E-state index in [1.807, 2.05) is 26.0 Å². The molecule has 0 saturated carbocycles. The van der Waals surface area contributed by atoms with E-state index in [1.165, 1.54) is 11.1 Å². The molecule has 0 aliphatic heterocycles. The van der Waals surface area contributed by atoms with Crippen LogP contribution in [0.1, 0.15) is 21.5 Å². The van der Waals surface area contributed by atoms with Crippen molar-refractivity contribution < 1.29 is 0 Å². The third kappa shape index (κ3) is 2.39. The Bertz CT molecular complexity index is 233. The highest BCUT2D eigenvalue weighted by Gasteiger charge is 2.03. The zero-order chi connectivity index (χ0) is 8.43. The number of aryl methyl sites for hydroxylation is 2. The van der Waals surface area contributed by atoms with Crippen LogP contribution >= 0.6 is 23.2 Å². The van der Waals surface area contributed by atoms with Gasteiger partial charge < -0.3 is 0 Å². The van der Waals surface area contributed by atoms with Gasteiger partial charge in [0.1, 0.15) is 4.84 Å². The Morgan fingerprint density at radius 1 is 1.00 bits per heavy atom. The molecule has 11 heavy (non-hydrogen) atoms.